The summed E-state index contributed by atoms with van der Waals surface area (Å²) in [6.07, 6.45) is 0. The number of esters is 1. The molecule has 26 heavy (non-hydrogen) atoms. The Kier molecular flexibility index (Phi) is 7.24. The summed E-state index contributed by atoms with van der Waals surface area (Å²) in [5.41, 5.74) is 2.01. The molecule has 0 aliphatic carbocycles. The molecule has 0 aromatic heterocycles. The van der Waals surface area contributed by atoms with Crippen LogP contribution in [0.5, 0.6) is 5.75 Å². The van der Waals surface area contributed by atoms with Crippen molar-refractivity contribution in [2.45, 2.75) is 19.9 Å². The zero-order chi connectivity index (χ0) is 19.1. The summed E-state index contributed by atoms with van der Waals surface area (Å²) < 4.78 is 10.2. The van der Waals surface area contributed by atoms with Gasteiger partial charge in [-0.05, 0) is 62.0 Å². The number of hydrogen-bond acceptors (Lipinski definition) is 4. The second-order valence-corrected chi connectivity index (χ2v) is 6.32. The molecule has 1 atom stereocenters. The van der Waals surface area contributed by atoms with E-state index in [1.165, 1.54) is 0 Å². The fourth-order valence-corrected chi connectivity index (χ4v) is 2.80. The van der Waals surface area contributed by atoms with Gasteiger partial charge in [0.05, 0.1) is 30.3 Å². The van der Waals surface area contributed by atoms with Crippen LogP contribution in [0.25, 0.3) is 0 Å². The van der Waals surface area contributed by atoms with Crippen molar-refractivity contribution in [1.29, 1.82) is 0 Å². The predicted molar refractivity (Wildman–Crippen MR) is 108 cm³/mol. The molecule has 2 aromatic rings. The Hall–Kier alpha value is -2.31. The highest BCUT2D eigenvalue weighted by Gasteiger charge is 2.13. The van der Waals surface area contributed by atoms with Crippen LogP contribution in [0.1, 0.15) is 35.8 Å². The van der Waals surface area contributed by atoms with Gasteiger partial charge in [0.1, 0.15) is 5.75 Å². The van der Waals surface area contributed by atoms with Crippen molar-refractivity contribution in [3.05, 3.63) is 58.6 Å². The largest absolute Gasteiger partial charge is 0.497 e. The van der Waals surface area contributed by atoms with Gasteiger partial charge in [0.15, 0.2) is 5.11 Å². The Morgan fingerprint density at radius 3 is 2.54 bits per heavy atom. The lowest BCUT2D eigenvalue weighted by Gasteiger charge is -2.18. The fraction of sp³-hybridized carbons (Fsp3) is 0.263. The SMILES string of the molecule is CCOC(=O)c1cc(NC(=S)NC(C)c2ccc(OC)cc2)ccc1Cl. The number of rotatable bonds is 6. The minimum Gasteiger partial charge on any atom is -0.497 e. The monoisotopic (exact) mass is 392 g/mol. The van der Waals surface area contributed by atoms with E-state index < -0.39 is 5.97 Å². The van der Waals surface area contributed by atoms with Crippen LogP contribution in [-0.4, -0.2) is 24.8 Å². The molecular weight excluding hydrogens is 372 g/mol. The Labute approximate surface area is 163 Å². The van der Waals surface area contributed by atoms with Gasteiger partial charge in [0.25, 0.3) is 0 Å². The van der Waals surface area contributed by atoms with E-state index in [4.69, 9.17) is 33.3 Å². The molecule has 1 unspecified atom stereocenters. The van der Waals surface area contributed by atoms with Gasteiger partial charge in [-0.15, -0.1) is 0 Å². The average molecular weight is 393 g/mol. The molecule has 0 bridgehead atoms. The van der Waals surface area contributed by atoms with Gasteiger partial charge in [0, 0.05) is 5.69 Å². The zero-order valence-corrected chi connectivity index (χ0v) is 16.4. The molecule has 0 fully saturated rings. The van der Waals surface area contributed by atoms with Crippen LogP contribution in [0.4, 0.5) is 5.69 Å². The first kappa shape index (κ1) is 20.0. The number of ether oxygens (including phenoxy) is 2. The van der Waals surface area contributed by atoms with Crippen LogP contribution in [0, 0.1) is 0 Å². The number of carbonyl (C=O) groups excluding carboxylic acids is 1. The zero-order valence-electron chi connectivity index (χ0n) is 14.8. The number of hydrogen-bond donors (Lipinski definition) is 2. The summed E-state index contributed by atoms with van der Waals surface area (Å²) in [5, 5.41) is 7.03. The standard InChI is InChI=1S/C19H21ClN2O3S/c1-4-25-18(23)16-11-14(7-10-17(16)20)22-19(26)21-12(2)13-5-8-15(24-3)9-6-13/h5-12H,4H2,1-3H3,(H2,21,22,26). The molecule has 0 amide bonds. The van der Waals surface area contributed by atoms with Crippen LogP contribution >= 0.6 is 23.8 Å². The van der Waals surface area contributed by atoms with Crippen molar-refractivity contribution in [3.63, 3.8) is 0 Å². The lowest BCUT2D eigenvalue weighted by Crippen LogP contribution is -2.30. The molecule has 0 saturated heterocycles. The highest BCUT2D eigenvalue weighted by atomic mass is 35.5. The molecular formula is C19H21ClN2O3S. The number of methoxy groups -OCH3 is 1. The number of thiocarbonyl (C=S) groups is 1. The highest BCUT2D eigenvalue weighted by Crippen LogP contribution is 2.22. The molecule has 0 aliphatic rings. The van der Waals surface area contributed by atoms with Crippen molar-refractivity contribution in [3.8, 4) is 5.75 Å². The maximum Gasteiger partial charge on any atom is 0.339 e. The lowest BCUT2D eigenvalue weighted by atomic mass is 10.1. The second-order valence-electron chi connectivity index (χ2n) is 5.51. The van der Waals surface area contributed by atoms with Gasteiger partial charge in [-0.25, -0.2) is 4.79 Å². The summed E-state index contributed by atoms with van der Waals surface area (Å²) in [4.78, 5) is 11.9. The smallest absolute Gasteiger partial charge is 0.339 e. The minimum absolute atomic E-state index is 0.00210. The average Bonchev–Trinajstić information content (AvgIpc) is 2.63. The van der Waals surface area contributed by atoms with Crippen molar-refractivity contribution >= 4 is 40.6 Å². The third-order valence-corrected chi connectivity index (χ3v) is 4.23. The topological polar surface area (TPSA) is 59.6 Å². The predicted octanol–water partition coefficient (Wildman–Crippen LogP) is 4.57. The van der Waals surface area contributed by atoms with Crippen molar-refractivity contribution in [2.75, 3.05) is 19.0 Å². The number of carbonyl (C=O) groups is 1. The third kappa shape index (κ3) is 5.34. The number of nitrogens with one attached hydrogen (secondary N) is 2. The maximum atomic E-state index is 11.9. The van der Waals surface area contributed by atoms with Crippen molar-refractivity contribution in [1.82, 2.24) is 5.32 Å². The molecule has 2 N–H and O–H groups in total. The molecule has 0 radical (unpaired) electrons. The second kappa shape index (κ2) is 9.40. The van der Waals surface area contributed by atoms with Gasteiger partial charge in [-0.3, -0.25) is 0 Å². The van der Waals surface area contributed by atoms with Crippen molar-refractivity contribution in [2.24, 2.45) is 0 Å². The molecule has 138 valence electrons. The van der Waals surface area contributed by atoms with E-state index in [1.54, 1.807) is 32.2 Å². The summed E-state index contributed by atoms with van der Waals surface area (Å²) in [5.74, 6) is 0.334. The van der Waals surface area contributed by atoms with Crippen LogP contribution in [-0.2, 0) is 4.74 Å². The van der Waals surface area contributed by atoms with Crippen LogP contribution in [0.15, 0.2) is 42.5 Å². The molecule has 0 heterocycles. The molecule has 5 nitrogen and oxygen atoms in total. The minimum atomic E-state index is -0.466. The maximum absolute atomic E-state index is 11.9. The first-order valence-corrected chi connectivity index (χ1v) is 8.91. The van der Waals surface area contributed by atoms with Gasteiger partial charge in [-0.2, -0.15) is 0 Å². The lowest BCUT2D eigenvalue weighted by molar-refractivity contribution is 0.0526. The molecule has 2 rings (SSSR count). The van der Waals surface area contributed by atoms with E-state index in [1.807, 2.05) is 31.2 Å². The van der Waals surface area contributed by atoms with E-state index in [-0.39, 0.29) is 12.6 Å². The third-order valence-electron chi connectivity index (χ3n) is 3.68. The van der Waals surface area contributed by atoms with E-state index in [2.05, 4.69) is 10.6 Å². The summed E-state index contributed by atoms with van der Waals surface area (Å²) >= 11 is 11.4. The van der Waals surface area contributed by atoms with Gasteiger partial charge < -0.3 is 20.1 Å². The molecule has 0 saturated carbocycles. The summed E-state index contributed by atoms with van der Waals surface area (Å²) in [7, 11) is 1.63. The van der Waals surface area contributed by atoms with Crippen LogP contribution in [0.2, 0.25) is 5.02 Å². The quantitative estimate of drug-likeness (QED) is 0.554. The Morgan fingerprint density at radius 1 is 1.23 bits per heavy atom. The van der Waals surface area contributed by atoms with E-state index in [0.29, 0.717) is 21.4 Å². The fourth-order valence-electron chi connectivity index (χ4n) is 2.31. The van der Waals surface area contributed by atoms with E-state index in [9.17, 15) is 4.79 Å². The Morgan fingerprint density at radius 2 is 1.92 bits per heavy atom. The Balaban J connectivity index is 2.02. The number of anilines is 1. The first-order valence-electron chi connectivity index (χ1n) is 8.12. The molecule has 2 aromatic carbocycles. The summed E-state index contributed by atoms with van der Waals surface area (Å²) in [6.45, 7) is 4.03. The first-order chi connectivity index (χ1) is 12.4. The van der Waals surface area contributed by atoms with Gasteiger partial charge in [-0.1, -0.05) is 23.7 Å². The molecule has 0 aliphatic heterocycles. The molecule has 7 heteroatoms. The van der Waals surface area contributed by atoms with Crippen LogP contribution < -0.4 is 15.4 Å². The van der Waals surface area contributed by atoms with E-state index in [0.717, 1.165) is 11.3 Å². The number of halogens is 1. The molecule has 0 spiro atoms. The van der Waals surface area contributed by atoms with Gasteiger partial charge >= 0.3 is 5.97 Å². The Bertz CT molecular complexity index is 781. The number of benzene rings is 2. The van der Waals surface area contributed by atoms with Crippen molar-refractivity contribution < 1.29 is 14.3 Å². The van der Waals surface area contributed by atoms with Gasteiger partial charge in [0.2, 0.25) is 0 Å². The van der Waals surface area contributed by atoms with Crippen LogP contribution in [0.3, 0.4) is 0 Å². The normalized spacial score (nSPS) is 11.4. The highest BCUT2D eigenvalue weighted by molar-refractivity contribution is 7.80. The summed E-state index contributed by atoms with van der Waals surface area (Å²) in [6, 6.07) is 12.7. The van der Waals surface area contributed by atoms with E-state index >= 15 is 0 Å².